The third-order valence-electron chi connectivity index (χ3n) is 2.47. The van der Waals surface area contributed by atoms with Crippen LogP contribution < -0.4 is 15.8 Å². The Morgan fingerprint density at radius 2 is 2.00 bits per heavy atom. The molecule has 7 nitrogen and oxygen atoms in total. The number of nitrogens with two attached hydrogens (primary N) is 1. The smallest absolute Gasteiger partial charge is 0.287 e. The van der Waals surface area contributed by atoms with Gasteiger partial charge in [0, 0.05) is 18.3 Å². The number of nitrogens with one attached hydrogen (secondary N) is 1. The van der Waals surface area contributed by atoms with Crippen LogP contribution in [0.15, 0.2) is 42.6 Å². The number of nitrogens with zero attached hydrogens (tertiary/aromatic N) is 2. The number of ether oxygens (including phenoxy) is 1. The van der Waals surface area contributed by atoms with E-state index < -0.39 is 4.92 Å². The Kier molecular flexibility index (Phi) is 4.46. The van der Waals surface area contributed by atoms with Gasteiger partial charge in [0.15, 0.2) is 0 Å². The molecule has 0 radical (unpaired) electrons. The number of hydrogen-bond acceptors (Lipinski definition) is 6. The highest BCUT2D eigenvalue weighted by Gasteiger charge is 2.05. The van der Waals surface area contributed by atoms with Crippen molar-refractivity contribution in [2.24, 2.45) is 5.73 Å². The molecule has 20 heavy (non-hydrogen) atoms. The van der Waals surface area contributed by atoms with Crippen molar-refractivity contribution in [1.29, 1.82) is 0 Å². The summed E-state index contributed by atoms with van der Waals surface area (Å²) >= 11 is 0. The predicted octanol–water partition coefficient (Wildman–Crippen LogP) is 2.07. The topological polar surface area (TPSA) is 103 Å². The Bertz CT molecular complexity index is 569. The minimum Gasteiger partial charge on any atom is -0.492 e. The molecule has 104 valence electrons. The highest BCUT2D eigenvalue weighted by Crippen LogP contribution is 2.20. The van der Waals surface area contributed by atoms with Crippen molar-refractivity contribution in [3.63, 3.8) is 0 Å². The van der Waals surface area contributed by atoms with Gasteiger partial charge in [-0.2, -0.15) is 0 Å². The van der Waals surface area contributed by atoms with Gasteiger partial charge in [0.2, 0.25) is 0 Å². The summed E-state index contributed by atoms with van der Waals surface area (Å²) in [5.74, 6) is 1.27. The van der Waals surface area contributed by atoms with Crippen LogP contribution in [-0.4, -0.2) is 23.1 Å². The van der Waals surface area contributed by atoms with Gasteiger partial charge in [-0.15, -0.1) is 0 Å². The van der Waals surface area contributed by atoms with E-state index in [1.54, 1.807) is 6.07 Å². The zero-order chi connectivity index (χ0) is 14.4. The van der Waals surface area contributed by atoms with E-state index in [9.17, 15) is 10.1 Å². The van der Waals surface area contributed by atoms with Crippen molar-refractivity contribution >= 4 is 17.2 Å². The second-order valence-electron chi connectivity index (χ2n) is 3.95. The van der Waals surface area contributed by atoms with Crippen molar-refractivity contribution in [2.75, 3.05) is 18.5 Å². The molecule has 0 aliphatic rings. The molecule has 0 spiro atoms. The summed E-state index contributed by atoms with van der Waals surface area (Å²) in [6.45, 7) is 0.934. The van der Waals surface area contributed by atoms with Crippen LogP contribution in [0.2, 0.25) is 0 Å². The third-order valence-corrected chi connectivity index (χ3v) is 2.47. The van der Waals surface area contributed by atoms with Crippen molar-refractivity contribution in [2.45, 2.75) is 0 Å². The van der Waals surface area contributed by atoms with Crippen molar-refractivity contribution < 1.29 is 9.66 Å². The summed E-state index contributed by atoms with van der Waals surface area (Å²) < 4.78 is 5.36. The Morgan fingerprint density at radius 3 is 2.55 bits per heavy atom. The first-order valence-electron chi connectivity index (χ1n) is 5.99. The van der Waals surface area contributed by atoms with Gasteiger partial charge in [-0.1, -0.05) is 0 Å². The van der Waals surface area contributed by atoms with Gasteiger partial charge in [-0.05, 0) is 30.3 Å². The monoisotopic (exact) mass is 274 g/mol. The van der Waals surface area contributed by atoms with Crippen LogP contribution in [0.1, 0.15) is 0 Å². The molecule has 0 saturated heterocycles. The highest BCUT2D eigenvalue weighted by atomic mass is 16.6. The molecule has 0 atom stereocenters. The largest absolute Gasteiger partial charge is 0.492 e. The average molecular weight is 274 g/mol. The van der Waals surface area contributed by atoms with E-state index in [0.29, 0.717) is 19.0 Å². The van der Waals surface area contributed by atoms with Crippen molar-refractivity contribution in [3.8, 4) is 5.75 Å². The van der Waals surface area contributed by atoms with E-state index in [1.165, 1.54) is 12.3 Å². The van der Waals surface area contributed by atoms with Gasteiger partial charge in [0.25, 0.3) is 5.69 Å². The van der Waals surface area contributed by atoms with Crippen LogP contribution in [0.25, 0.3) is 0 Å². The molecule has 1 aromatic carbocycles. The fourth-order valence-corrected chi connectivity index (χ4v) is 1.53. The van der Waals surface area contributed by atoms with E-state index in [4.69, 9.17) is 10.5 Å². The number of nitro groups is 1. The van der Waals surface area contributed by atoms with E-state index >= 15 is 0 Å². The fourth-order valence-electron chi connectivity index (χ4n) is 1.53. The lowest BCUT2D eigenvalue weighted by Gasteiger charge is -2.07. The van der Waals surface area contributed by atoms with Gasteiger partial charge in [-0.3, -0.25) is 10.1 Å². The Labute approximate surface area is 115 Å². The zero-order valence-electron chi connectivity index (χ0n) is 10.7. The summed E-state index contributed by atoms with van der Waals surface area (Å²) in [7, 11) is 0. The fraction of sp³-hybridized carbons (Fsp3) is 0.154. The van der Waals surface area contributed by atoms with Crippen LogP contribution >= 0.6 is 0 Å². The van der Waals surface area contributed by atoms with Crippen LogP contribution in [0, 0.1) is 10.1 Å². The summed E-state index contributed by atoms with van der Waals surface area (Å²) in [5.41, 5.74) is 6.12. The van der Waals surface area contributed by atoms with Crippen molar-refractivity contribution in [3.05, 3.63) is 52.7 Å². The molecule has 0 fully saturated rings. The molecular weight excluding hydrogens is 260 g/mol. The van der Waals surface area contributed by atoms with Crippen LogP contribution in [0.5, 0.6) is 5.75 Å². The Balaban J connectivity index is 2.00. The maximum absolute atomic E-state index is 10.5. The molecule has 0 saturated carbocycles. The van der Waals surface area contributed by atoms with Crippen molar-refractivity contribution in [1.82, 2.24) is 4.98 Å². The van der Waals surface area contributed by atoms with Gasteiger partial charge in [-0.25, -0.2) is 4.98 Å². The molecule has 0 unspecified atom stereocenters. The van der Waals surface area contributed by atoms with Gasteiger partial charge in [0.1, 0.15) is 24.4 Å². The van der Waals surface area contributed by atoms with Gasteiger partial charge in [0.05, 0.1) is 4.92 Å². The maximum atomic E-state index is 10.5. The minimum absolute atomic E-state index is 0.0407. The molecule has 0 amide bonds. The first-order valence-corrected chi connectivity index (χ1v) is 5.99. The highest BCUT2D eigenvalue weighted by molar-refractivity contribution is 5.57. The Morgan fingerprint density at radius 1 is 1.25 bits per heavy atom. The van der Waals surface area contributed by atoms with Crippen LogP contribution in [0.4, 0.5) is 17.2 Å². The first kappa shape index (κ1) is 13.8. The molecule has 3 N–H and O–H groups in total. The van der Waals surface area contributed by atoms with E-state index in [2.05, 4.69) is 10.3 Å². The maximum Gasteiger partial charge on any atom is 0.287 e. The zero-order valence-corrected chi connectivity index (χ0v) is 10.7. The summed E-state index contributed by atoms with van der Waals surface area (Å²) in [5, 5.41) is 13.6. The molecule has 0 aliphatic carbocycles. The number of anilines is 2. The van der Waals surface area contributed by atoms with E-state index in [0.717, 1.165) is 11.4 Å². The quantitative estimate of drug-likeness (QED) is 0.617. The number of hydrogen-bond donors (Lipinski definition) is 2. The number of aromatic nitrogens is 1. The lowest BCUT2D eigenvalue weighted by atomic mass is 10.3. The molecule has 1 aromatic heterocycles. The van der Waals surface area contributed by atoms with Crippen LogP contribution in [0.3, 0.4) is 0 Å². The predicted molar refractivity (Wildman–Crippen MR) is 75.2 cm³/mol. The SMILES string of the molecule is NCCOc1ccc(Nc2ccc([N+](=O)[O-])cn2)cc1. The van der Waals surface area contributed by atoms with Gasteiger partial charge < -0.3 is 15.8 Å². The van der Waals surface area contributed by atoms with Crippen LogP contribution in [-0.2, 0) is 0 Å². The molecule has 7 heteroatoms. The summed E-state index contributed by atoms with van der Waals surface area (Å²) in [4.78, 5) is 14.0. The molecule has 1 heterocycles. The van der Waals surface area contributed by atoms with E-state index in [1.807, 2.05) is 24.3 Å². The second kappa shape index (κ2) is 6.48. The number of rotatable bonds is 6. The molecule has 0 bridgehead atoms. The molecule has 0 aliphatic heterocycles. The average Bonchev–Trinajstić information content (AvgIpc) is 2.47. The molecular formula is C13H14N4O3. The summed E-state index contributed by atoms with van der Waals surface area (Å²) in [6.07, 6.45) is 1.21. The number of pyridine rings is 1. The van der Waals surface area contributed by atoms with E-state index in [-0.39, 0.29) is 5.69 Å². The Hall–Kier alpha value is -2.67. The standard InChI is InChI=1S/C13H14N4O3/c14-7-8-20-12-4-1-10(2-5-12)16-13-6-3-11(9-15-13)17(18)19/h1-6,9H,7-8,14H2,(H,15,16). The number of benzene rings is 1. The molecule has 2 aromatic rings. The third kappa shape index (κ3) is 3.66. The van der Waals surface area contributed by atoms with Gasteiger partial charge >= 0.3 is 0 Å². The molecule has 2 rings (SSSR count). The summed E-state index contributed by atoms with van der Waals surface area (Å²) in [6, 6.07) is 10.2. The minimum atomic E-state index is -0.486. The second-order valence-corrected chi connectivity index (χ2v) is 3.95. The lowest BCUT2D eigenvalue weighted by molar-refractivity contribution is -0.385. The first-order chi connectivity index (χ1) is 9.69. The normalized spacial score (nSPS) is 10.1. The lowest BCUT2D eigenvalue weighted by Crippen LogP contribution is -2.10.